The molecule has 0 radical (unpaired) electrons. The number of aromatic nitrogens is 2. The zero-order valence-corrected chi connectivity index (χ0v) is 13.0. The van der Waals surface area contributed by atoms with Crippen LogP contribution in [0.4, 0.5) is 5.69 Å². The van der Waals surface area contributed by atoms with Crippen LogP contribution in [0.3, 0.4) is 0 Å². The minimum atomic E-state index is -0.597. The van der Waals surface area contributed by atoms with Crippen LogP contribution in [0.5, 0.6) is 0 Å². The predicted molar refractivity (Wildman–Crippen MR) is 83.1 cm³/mol. The van der Waals surface area contributed by atoms with Gasteiger partial charge in [0, 0.05) is 5.69 Å². The molecule has 0 unspecified atom stereocenters. The van der Waals surface area contributed by atoms with E-state index in [0.717, 1.165) is 15.8 Å². The van der Waals surface area contributed by atoms with Gasteiger partial charge < -0.3 is 5.32 Å². The number of nitrogens with one attached hydrogen (secondary N) is 1. The summed E-state index contributed by atoms with van der Waals surface area (Å²) in [7, 11) is 0. The van der Waals surface area contributed by atoms with E-state index in [1.54, 1.807) is 0 Å². The molecule has 2 aromatic rings. The van der Waals surface area contributed by atoms with Crippen molar-refractivity contribution in [1.82, 2.24) is 9.78 Å². The van der Waals surface area contributed by atoms with Gasteiger partial charge in [0.1, 0.15) is 11.6 Å². The van der Waals surface area contributed by atoms with Crippen molar-refractivity contribution in [2.24, 2.45) is 0 Å². The Labute approximate surface area is 131 Å². The van der Waals surface area contributed by atoms with E-state index >= 15 is 0 Å². The van der Waals surface area contributed by atoms with E-state index in [-0.39, 0.29) is 22.5 Å². The summed E-state index contributed by atoms with van der Waals surface area (Å²) in [6, 6.07) is 5.69. The summed E-state index contributed by atoms with van der Waals surface area (Å²) in [6.07, 6.45) is 1.23. The molecule has 1 aromatic carbocycles. The Balaban J connectivity index is 2.15. The van der Waals surface area contributed by atoms with E-state index in [9.17, 15) is 9.59 Å². The number of nitrogens with zero attached hydrogens (tertiary/aromatic N) is 2. The molecule has 1 aromatic heterocycles. The van der Waals surface area contributed by atoms with Gasteiger partial charge in [-0.1, -0.05) is 29.3 Å². The topological polar surface area (TPSA) is 64.0 Å². The van der Waals surface area contributed by atoms with Gasteiger partial charge in [0.05, 0.1) is 11.2 Å². The first kappa shape index (κ1) is 15.5. The smallest absolute Gasteiger partial charge is 0.287 e. The fraction of sp³-hybridized carbons (Fsp3) is 0.214. The van der Waals surface area contributed by atoms with E-state index < -0.39 is 5.56 Å². The molecule has 0 saturated heterocycles. The maximum Gasteiger partial charge on any atom is 0.287 e. The van der Waals surface area contributed by atoms with Crippen LogP contribution in [-0.2, 0) is 11.3 Å². The number of hydrogen-bond donors (Lipinski definition) is 1. The first-order chi connectivity index (χ1) is 9.86. The summed E-state index contributed by atoms with van der Waals surface area (Å²) in [5.41, 5.74) is 2.15. The summed E-state index contributed by atoms with van der Waals surface area (Å²) >= 11 is 11.4. The molecule has 110 valence electrons. The van der Waals surface area contributed by atoms with Crippen molar-refractivity contribution in [3.05, 3.63) is 55.9 Å². The van der Waals surface area contributed by atoms with Crippen LogP contribution in [0.1, 0.15) is 11.1 Å². The maximum atomic E-state index is 12.0. The first-order valence-electron chi connectivity index (χ1n) is 6.16. The Hall–Kier alpha value is -1.85. The number of halogens is 2. The second-order valence-electron chi connectivity index (χ2n) is 4.69. The predicted octanol–water partition coefficient (Wildman–Crippen LogP) is 2.81. The van der Waals surface area contributed by atoms with Gasteiger partial charge in [-0.15, -0.1) is 0 Å². The van der Waals surface area contributed by atoms with Crippen LogP contribution in [0, 0.1) is 13.8 Å². The molecule has 0 aliphatic rings. The summed E-state index contributed by atoms with van der Waals surface area (Å²) in [6.45, 7) is 3.64. The van der Waals surface area contributed by atoms with Crippen LogP contribution in [-0.4, -0.2) is 15.7 Å². The van der Waals surface area contributed by atoms with Gasteiger partial charge in [-0.05, 0) is 37.1 Å². The number of rotatable bonds is 3. The number of amides is 1. The molecular weight excluding hydrogens is 313 g/mol. The molecule has 0 fully saturated rings. The van der Waals surface area contributed by atoms with Gasteiger partial charge in [-0.2, -0.15) is 5.10 Å². The summed E-state index contributed by atoms with van der Waals surface area (Å²) < 4.78 is 0.964. The van der Waals surface area contributed by atoms with Crippen molar-refractivity contribution in [2.45, 2.75) is 20.4 Å². The Kier molecular flexibility index (Phi) is 4.65. The number of anilines is 1. The lowest BCUT2D eigenvalue weighted by atomic mass is 10.1. The molecule has 0 atom stereocenters. The van der Waals surface area contributed by atoms with Crippen molar-refractivity contribution in [3.63, 3.8) is 0 Å². The van der Waals surface area contributed by atoms with E-state index in [0.29, 0.717) is 5.69 Å². The van der Waals surface area contributed by atoms with Crippen LogP contribution < -0.4 is 10.9 Å². The average molecular weight is 326 g/mol. The third-order valence-electron chi connectivity index (χ3n) is 2.74. The maximum absolute atomic E-state index is 12.0. The highest BCUT2D eigenvalue weighted by molar-refractivity contribution is 6.41. The molecule has 0 spiro atoms. The molecule has 21 heavy (non-hydrogen) atoms. The number of benzene rings is 1. The molecule has 2 rings (SSSR count). The van der Waals surface area contributed by atoms with Gasteiger partial charge in [0.15, 0.2) is 0 Å². The number of hydrogen-bond acceptors (Lipinski definition) is 3. The summed E-state index contributed by atoms with van der Waals surface area (Å²) in [5, 5.41) is 6.42. The van der Waals surface area contributed by atoms with E-state index in [4.69, 9.17) is 23.2 Å². The van der Waals surface area contributed by atoms with E-state index in [2.05, 4.69) is 10.4 Å². The molecule has 0 saturated carbocycles. The van der Waals surface area contributed by atoms with Crippen LogP contribution in [0.25, 0.3) is 0 Å². The first-order valence-corrected chi connectivity index (χ1v) is 6.91. The second kappa shape index (κ2) is 6.28. The number of carbonyl (C=O) groups excluding carboxylic acids is 1. The van der Waals surface area contributed by atoms with Crippen molar-refractivity contribution < 1.29 is 4.79 Å². The second-order valence-corrected chi connectivity index (χ2v) is 5.48. The molecule has 5 nitrogen and oxygen atoms in total. The van der Waals surface area contributed by atoms with Crippen molar-refractivity contribution in [1.29, 1.82) is 0 Å². The largest absolute Gasteiger partial charge is 0.324 e. The normalized spacial score (nSPS) is 10.5. The molecule has 7 heteroatoms. The molecule has 1 heterocycles. The van der Waals surface area contributed by atoms with Crippen LogP contribution in [0.2, 0.25) is 10.0 Å². The highest BCUT2D eigenvalue weighted by atomic mass is 35.5. The van der Waals surface area contributed by atoms with E-state index in [1.807, 2.05) is 32.0 Å². The van der Waals surface area contributed by atoms with Gasteiger partial charge in [0.2, 0.25) is 5.91 Å². The van der Waals surface area contributed by atoms with Gasteiger partial charge >= 0.3 is 0 Å². The highest BCUT2D eigenvalue weighted by Crippen LogP contribution is 2.15. The zero-order chi connectivity index (χ0) is 15.6. The quantitative estimate of drug-likeness (QED) is 0.943. The van der Waals surface area contributed by atoms with Crippen LogP contribution >= 0.6 is 23.2 Å². The Morgan fingerprint density at radius 1 is 1.24 bits per heavy atom. The van der Waals surface area contributed by atoms with Gasteiger partial charge in [-0.25, -0.2) is 4.68 Å². The van der Waals surface area contributed by atoms with Crippen molar-refractivity contribution in [2.75, 3.05) is 5.32 Å². The lowest BCUT2D eigenvalue weighted by Gasteiger charge is -2.09. The summed E-state index contributed by atoms with van der Waals surface area (Å²) in [5.74, 6) is -0.368. The molecule has 1 N–H and O–H groups in total. The van der Waals surface area contributed by atoms with Crippen molar-refractivity contribution in [3.8, 4) is 0 Å². The molecular formula is C14H13Cl2N3O2. The highest BCUT2D eigenvalue weighted by Gasteiger charge is 2.11. The zero-order valence-electron chi connectivity index (χ0n) is 11.5. The van der Waals surface area contributed by atoms with Crippen LogP contribution in [0.15, 0.2) is 29.2 Å². The standard InChI is InChI=1S/C14H13Cl2N3O2/c1-8-3-9(2)5-10(4-8)18-12(20)7-19-14(21)13(16)11(15)6-17-19/h3-6H,7H2,1-2H3,(H,18,20). The number of carbonyl (C=O) groups is 1. The summed E-state index contributed by atoms with van der Waals surface area (Å²) in [4.78, 5) is 23.8. The Morgan fingerprint density at radius 2 is 1.86 bits per heavy atom. The fourth-order valence-corrected chi connectivity index (χ4v) is 2.21. The third-order valence-corrected chi connectivity index (χ3v) is 3.49. The SMILES string of the molecule is Cc1cc(C)cc(NC(=O)Cn2ncc(Cl)c(Cl)c2=O)c1. The Morgan fingerprint density at radius 3 is 2.48 bits per heavy atom. The average Bonchev–Trinajstić information content (AvgIpc) is 2.38. The number of aryl methyl sites for hydroxylation is 2. The molecule has 0 bridgehead atoms. The third kappa shape index (κ3) is 3.83. The fourth-order valence-electron chi connectivity index (χ4n) is 1.94. The lowest BCUT2D eigenvalue weighted by Crippen LogP contribution is -2.29. The molecule has 0 aliphatic heterocycles. The minimum absolute atomic E-state index is 0.0626. The van der Waals surface area contributed by atoms with Gasteiger partial charge in [0.25, 0.3) is 5.56 Å². The lowest BCUT2D eigenvalue weighted by molar-refractivity contribution is -0.117. The monoisotopic (exact) mass is 325 g/mol. The van der Waals surface area contributed by atoms with Crippen molar-refractivity contribution >= 4 is 34.8 Å². The van der Waals surface area contributed by atoms with Gasteiger partial charge in [-0.3, -0.25) is 9.59 Å². The molecule has 0 aliphatic carbocycles. The Bertz CT molecular complexity index is 736. The van der Waals surface area contributed by atoms with E-state index in [1.165, 1.54) is 6.20 Å². The minimum Gasteiger partial charge on any atom is -0.324 e. The molecule has 1 amide bonds.